The maximum absolute atomic E-state index is 12.7. The predicted octanol–water partition coefficient (Wildman–Crippen LogP) is 0.718. The zero-order chi connectivity index (χ0) is 26.4. The van der Waals surface area contributed by atoms with Gasteiger partial charge in [0.1, 0.15) is 11.7 Å². The maximum Gasteiger partial charge on any atom is 0.271 e. The van der Waals surface area contributed by atoms with Crippen molar-refractivity contribution in [2.24, 2.45) is 0 Å². The van der Waals surface area contributed by atoms with Crippen LogP contribution in [-0.4, -0.2) is 58.0 Å². The standard InChI is InChI=1S/C24H26N6O7/c1-33-19-7-5-15(21(34-2)22(19)35-3)23(31)26-8-9-30-12-17(28-29-30)24(32)27-16(11-25)14-4-6-18-20(10-14)37-13-36-18/h4-7,10,12,16,28-29H,8-9,13H2,1-3H3,(H,26,31)(H,27,32). The van der Waals surface area contributed by atoms with Crippen molar-refractivity contribution in [3.8, 4) is 34.8 Å². The number of fused-ring (bicyclic) bond motifs is 1. The van der Waals surface area contributed by atoms with Gasteiger partial charge in [-0.05, 0) is 29.8 Å². The molecule has 2 aliphatic rings. The summed E-state index contributed by atoms with van der Waals surface area (Å²) in [6, 6.07) is 9.42. The number of nitrogens with zero attached hydrogens (tertiary/aromatic N) is 2. The Kier molecular flexibility index (Phi) is 7.70. The Labute approximate surface area is 212 Å². The minimum Gasteiger partial charge on any atom is -0.493 e. The summed E-state index contributed by atoms with van der Waals surface area (Å²) in [6.07, 6.45) is 1.53. The molecule has 2 aliphatic heterocycles. The summed E-state index contributed by atoms with van der Waals surface area (Å²) in [5.41, 5.74) is 6.63. The van der Waals surface area contributed by atoms with E-state index in [1.54, 1.807) is 35.3 Å². The quantitative estimate of drug-likeness (QED) is 0.357. The summed E-state index contributed by atoms with van der Waals surface area (Å²) in [5, 5.41) is 16.6. The van der Waals surface area contributed by atoms with Gasteiger partial charge in [0.2, 0.25) is 12.5 Å². The molecule has 0 saturated heterocycles. The second-order valence-corrected chi connectivity index (χ2v) is 7.76. The molecule has 4 N–H and O–H groups in total. The SMILES string of the molecule is COc1ccc(C(=O)NCCN2C=C(C(=O)NC(C#N)c3ccc4c(c3)OCO4)NN2)c(OC)c1OC. The smallest absolute Gasteiger partial charge is 0.271 e. The van der Waals surface area contributed by atoms with Gasteiger partial charge in [-0.25, -0.2) is 0 Å². The first kappa shape index (κ1) is 25.3. The molecule has 0 aliphatic carbocycles. The van der Waals surface area contributed by atoms with Crippen LogP contribution < -0.4 is 45.3 Å². The van der Waals surface area contributed by atoms with Crippen molar-refractivity contribution in [3.05, 3.63) is 53.4 Å². The zero-order valence-electron chi connectivity index (χ0n) is 20.4. The fourth-order valence-corrected chi connectivity index (χ4v) is 3.75. The third-order valence-electron chi connectivity index (χ3n) is 5.59. The van der Waals surface area contributed by atoms with Gasteiger partial charge in [0.05, 0.1) is 39.5 Å². The molecule has 4 rings (SSSR count). The van der Waals surface area contributed by atoms with Crippen LogP contribution >= 0.6 is 0 Å². The Morgan fingerprint density at radius 1 is 1.08 bits per heavy atom. The van der Waals surface area contributed by atoms with Crippen LogP contribution in [-0.2, 0) is 4.79 Å². The molecule has 0 fully saturated rings. The fourth-order valence-electron chi connectivity index (χ4n) is 3.75. The van der Waals surface area contributed by atoms with Crippen LogP contribution in [0.1, 0.15) is 22.0 Å². The molecule has 13 heteroatoms. The highest BCUT2D eigenvalue weighted by Crippen LogP contribution is 2.39. The molecule has 0 saturated carbocycles. The highest BCUT2D eigenvalue weighted by atomic mass is 16.7. The van der Waals surface area contributed by atoms with Crippen molar-refractivity contribution in [2.45, 2.75) is 6.04 Å². The van der Waals surface area contributed by atoms with Crippen LogP contribution in [0.2, 0.25) is 0 Å². The van der Waals surface area contributed by atoms with Crippen LogP contribution in [0.15, 0.2) is 42.2 Å². The van der Waals surface area contributed by atoms with Gasteiger partial charge in [-0.3, -0.25) is 20.0 Å². The summed E-state index contributed by atoms with van der Waals surface area (Å²) in [5.74, 6) is 1.27. The summed E-state index contributed by atoms with van der Waals surface area (Å²) in [6.45, 7) is 0.687. The van der Waals surface area contributed by atoms with E-state index in [1.165, 1.54) is 27.5 Å². The Hall–Kier alpha value is -4.83. The second-order valence-electron chi connectivity index (χ2n) is 7.76. The van der Waals surface area contributed by atoms with Crippen molar-refractivity contribution < 1.29 is 33.3 Å². The normalized spacial score (nSPS) is 14.1. The Morgan fingerprint density at radius 2 is 1.86 bits per heavy atom. The Balaban J connectivity index is 1.32. The van der Waals surface area contributed by atoms with Crippen molar-refractivity contribution in [1.29, 1.82) is 5.26 Å². The number of hydrogen-bond acceptors (Lipinski definition) is 11. The number of benzene rings is 2. The molecule has 1 atom stereocenters. The van der Waals surface area contributed by atoms with Crippen LogP contribution in [0.3, 0.4) is 0 Å². The molecule has 2 heterocycles. The van der Waals surface area contributed by atoms with E-state index < -0.39 is 11.9 Å². The van der Waals surface area contributed by atoms with E-state index in [0.717, 1.165) is 0 Å². The van der Waals surface area contributed by atoms with Gasteiger partial charge in [-0.1, -0.05) is 6.07 Å². The third kappa shape index (κ3) is 5.39. The molecule has 2 aromatic carbocycles. The average molecular weight is 511 g/mol. The highest BCUT2D eigenvalue weighted by Gasteiger charge is 2.24. The fraction of sp³-hybridized carbons (Fsp3) is 0.292. The lowest BCUT2D eigenvalue weighted by atomic mass is 10.1. The van der Waals surface area contributed by atoms with Gasteiger partial charge in [0.15, 0.2) is 23.0 Å². The van der Waals surface area contributed by atoms with E-state index in [1.807, 2.05) is 0 Å². The molecule has 1 unspecified atom stereocenters. The van der Waals surface area contributed by atoms with Crippen LogP contribution in [0.5, 0.6) is 28.7 Å². The summed E-state index contributed by atoms with van der Waals surface area (Å²) in [7, 11) is 4.39. The number of carbonyl (C=O) groups excluding carboxylic acids is 2. The van der Waals surface area contributed by atoms with Gasteiger partial charge < -0.3 is 34.3 Å². The number of nitrogens with one attached hydrogen (secondary N) is 4. The topological polar surface area (TPSA) is 155 Å². The number of hydrazine groups is 2. The molecule has 2 amide bonds. The zero-order valence-corrected chi connectivity index (χ0v) is 20.4. The largest absolute Gasteiger partial charge is 0.493 e. The summed E-state index contributed by atoms with van der Waals surface area (Å²) in [4.78, 5) is 25.4. The number of hydrogen-bond donors (Lipinski definition) is 4. The molecule has 37 heavy (non-hydrogen) atoms. The van der Waals surface area contributed by atoms with E-state index in [4.69, 9.17) is 23.7 Å². The first-order chi connectivity index (χ1) is 18.0. The van der Waals surface area contributed by atoms with Gasteiger partial charge in [0, 0.05) is 12.7 Å². The van der Waals surface area contributed by atoms with Crippen molar-refractivity contribution in [1.82, 2.24) is 26.6 Å². The van der Waals surface area contributed by atoms with Gasteiger partial charge in [-0.15, -0.1) is 5.53 Å². The molecule has 0 bridgehead atoms. The van der Waals surface area contributed by atoms with E-state index in [0.29, 0.717) is 35.1 Å². The van der Waals surface area contributed by atoms with Gasteiger partial charge in [-0.2, -0.15) is 5.26 Å². The lowest BCUT2D eigenvalue weighted by Gasteiger charge is -2.17. The average Bonchev–Trinajstić information content (AvgIpc) is 3.59. The molecular formula is C24H26N6O7. The summed E-state index contributed by atoms with van der Waals surface area (Å²) >= 11 is 0. The number of carbonyl (C=O) groups is 2. The third-order valence-corrected chi connectivity index (χ3v) is 5.59. The van der Waals surface area contributed by atoms with Crippen molar-refractivity contribution in [2.75, 3.05) is 41.2 Å². The van der Waals surface area contributed by atoms with Crippen molar-refractivity contribution in [3.63, 3.8) is 0 Å². The van der Waals surface area contributed by atoms with Crippen molar-refractivity contribution >= 4 is 11.8 Å². The van der Waals surface area contributed by atoms with E-state index in [9.17, 15) is 14.9 Å². The minimum absolute atomic E-state index is 0.114. The van der Waals surface area contributed by atoms with Crippen LogP contribution in [0.4, 0.5) is 0 Å². The number of rotatable bonds is 10. The monoisotopic (exact) mass is 510 g/mol. The summed E-state index contributed by atoms with van der Waals surface area (Å²) < 4.78 is 26.5. The molecule has 194 valence electrons. The lowest BCUT2D eigenvalue weighted by Crippen LogP contribution is -2.42. The number of ether oxygens (including phenoxy) is 5. The van der Waals surface area contributed by atoms with Gasteiger partial charge >= 0.3 is 0 Å². The van der Waals surface area contributed by atoms with E-state index in [-0.39, 0.29) is 36.3 Å². The van der Waals surface area contributed by atoms with E-state index >= 15 is 0 Å². The Morgan fingerprint density at radius 3 is 2.59 bits per heavy atom. The highest BCUT2D eigenvalue weighted by molar-refractivity contribution is 5.98. The lowest BCUT2D eigenvalue weighted by molar-refractivity contribution is -0.118. The van der Waals surface area contributed by atoms with Gasteiger partial charge in [0.25, 0.3) is 11.8 Å². The van der Waals surface area contributed by atoms with Crippen LogP contribution in [0, 0.1) is 11.3 Å². The number of nitriles is 1. The Bertz CT molecular complexity index is 1260. The molecule has 0 spiro atoms. The second kappa shape index (κ2) is 11.3. The number of methoxy groups -OCH3 is 3. The minimum atomic E-state index is -0.894. The molecular weight excluding hydrogens is 484 g/mol. The predicted molar refractivity (Wildman–Crippen MR) is 129 cm³/mol. The first-order valence-electron chi connectivity index (χ1n) is 11.2. The van der Waals surface area contributed by atoms with Crippen LogP contribution in [0.25, 0.3) is 0 Å². The maximum atomic E-state index is 12.7. The first-order valence-corrected chi connectivity index (χ1v) is 11.2. The molecule has 0 radical (unpaired) electrons. The van der Waals surface area contributed by atoms with E-state index in [2.05, 4.69) is 27.7 Å². The molecule has 13 nitrogen and oxygen atoms in total. The number of amides is 2. The molecule has 0 aromatic heterocycles. The molecule has 2 aromatic rings.